The molecule has 2 atom stereocenters. The lowest BCUT2D eigenvalue weighted by Gasteiger charge is -2.22. The van der Waals surface area contributed by atoms with Crippen molar-refractivity contribution in [3.63, 3.8) is 0 Å². The van der Waals surface area contributed by atoms with Crippen molar-refractivity contribution in [3.8, 4) is 0 Å². The molecule has 0 aromatic carbocycles. The molecule has 4 heteroatoms. The van der Waals surface area contributed by atoms with Crippen LogP contribution in [0.15, 0.2) is 12.2 Å². The second-order valence-electron chi connectivity index (χ2n) is 25.0. The zero-order chi connectivity index (χ0) is 54.8. The second kappa shape index (κ2) is 68.4. The van der Waals surface area contributed by atoms with Crippen LogP contribution < -0.4 is 5.32 Å². The van der Waals surface area contributed by atoms with Crippen molar-refractivity contribution in [3.05, 3.63) is 12.2 Å². The Labute approximate surface area is 479 Å². The predicted molar refractivity (Wildman–Crippen MR) is 341 cm³/mol. The maximum atomic E-state index is 12.6. The molecule has 0 aliphatic carbocycles. The molecule has 0 rings (SSSR count). The SMILES string of the molecule is CCCCCCCCCC/C=C\CCCCCCCCCCCCCCCCCCCCCCCCCC(=O)NC(CO)C(O)CCCCCCCCCCCCCCCCCCCCCCCCCCCCCCC. The zero-order valence-electron chi connectivity index (χ0n) is 52.6. The van der Waals surface area contributed by atoms with E-state index in [4.69, 9.17) is 0 Å². The fraction of sp³-hybridized carbons (Fsp3) is 0.958. The van der Waals surface area contributed by atoms with Gasteiger partial charge in [-0.1, -0.05) is 392 Å². The van der Waals surface area contributed by atoms with E-state index in [-0.39, 0.29) is 12.5 Å². The number of carbonyl (C=O) groups is 1. The van der Waals surface area contributed by atoms with Crippen molar-refractivity contribution < 1.29 is 15.0 Å². The topological polar surface area (TPSA) is 69.6 Å². The normalized spacial score (nSPS) is 12.6. The summed E-state index contributed by atoms with van der Waals surface area (Å²) in [5, 5.41) is 23.5. The summed E-state index contributed by atoms with van der Waals surface area (Å²) in [6.07, 6.45) is 91.4. The lowest BCUT2D eigenvalue weighted by Crippen LogP contribution is -2.45. The molecule has 0 heterocycles. The summed E-state index contributed by atoms with van der Waals surface area (Å²) < 4.78 is 0. The molecule has 0 aromatic rings. The molecule has 0 radical (unpaired) electrons. The van der Waals surface area contributed by atoms with Crippen molar-refractivity contribution in [2.45, 2.75) is 437 Å². The Morgan fingerprint density at radius 3 is 0.724 bits per heavy atom. The summed E-state index contributed by atoms with van der Waals surface area (Å²) in [7, 11) is 0. The molecule has 0 aliphatic rings. The highest BCUT2D eigenvalue weighted by Gasteiger charge is 2.20. The summed E-state index contributed by atoms with van der Waals surface area (Å²) >= 11 is 0. The molecule has 2 unspecified atom stereocenters. The Kier molecular flexibility index (Phi) is 67.6. The summed E-state index contributed by atoms with van der Waals surface area (Å²) in [5.74, 6) is -0.0201. The minimum atomic E-state index is -0.658. The number of unbranched alkanes of at least 4 members (excludes halogenated alkanes) is 59. The molecule has 0 saturated heterocycles. The van der Waals surface area contributed by atoms with Crippen molar-refractivity contribution in [1.82, 2.24) is 5.32 Å². The van der Waals surface area contributed by atoms with E-state index < -0.39 is 12.1 Å². The molecule has 0 aromatic heterocycles. The number of rotatable bonds is 68. The average molecular weight is 1070 g/mol. The summed E-state index contributed by atoms with van der Waals surface area (Å²) in [6.45, 7) is 4.41. The first-order valence-corrected chi connectivity index (χ1v) is 35.9. The third-order valence-electron chi connectivity index (χ3n) is 17.3. The Morgan fingerprint density at radius 2 is 0.500 bits per heavy atom. The molecule has 3 N–H and O–H groups in total. The summed E-state index contributed by atoms with van der Waals surface area (Å²) in [5.41, 5.74) is 0. The molecule has 4 nitrogen and oxygen atoms in total. The molecule has 0 aliphatic heterocycles. The fourth-order valence-electron chi connectivity index (χ4n) is 11.8. The first kappa shape index (κ1) is 75.1. The third-order valence-corrected chi connectivity index (χ3v) is 17.3. The van der Waals surface area contributed by atoms with Gasteiger partial charge in [0.25, 0.3) is 0 Å². The molecule has 1 amide bonds. The largest absolute Gasteiger partial charge is 0.394 e. The van der Waals surface area contributed by atoms with E-state index >= 15 is 0 Å². The van der Waals surface area contributed by atoms with Gasteiger partial charge in [0.15, 0.2) is 0 Å². The van der Waals surface area contributed by atoms with Crippen LogP contribution in [0.4, 0.5) is 0 Å². The number of allylic oxidation sites excluding steroid dienone is 2. The van der Waals surface area contributed by atoms with Crippen LogP contribution in [0.5, 0.6) is 0 Å². The minimum absolute atomic E-state index is 0.0201. The van der Waals surface area contributed by atoms with Crippen LogP contribution in [0.3, 0.4) is 0 Å². The summed E-state index contributed by atoms with van der Waals surface area (Å²) in [4.78, 5) is 12.6. The van der Waals surface area contributed by atoms with Crippen LogP contribution >= 0.6 is 0 Å². The second-order valence-corrected chi connectivity index (χ2v) is 25.0. The van der Waals surface area contributed by atoms with Gasteiger partial charge in [0.05, 0.1) is 18.8 Å². The number of aliphatic hydroxyl groups excluding tert-OH is 2. The number of aliphatic hydroxyl groups is 2. The lowest BCUT2D eigenvalue weighted by molar-refractivity contribution is -0.123. The van der Waals surface area contributed by atoms with Crippen LogP contribution in [0.2, 0.25) is 0 Å². The van der Waals surface area contributed by atoms with Gasteiger partial charge in [-0.2, -0.15) is 0 Å². The van der Waals surface area contributed by atoms with E-state index in [1.807, 2.05) is 0 Å². The third kappa shape index (κ3) is 64.0. The van der Waals surface area contributed by atoms with E-state index in [9.17, 15) is 15.0 Å². The van der Waals surface area contributed by atoms with Gasteiger partial charge < -0.3 is 15.5 Å². The van der Waals surface area contributed by atoms with Gasteiger partial charge >= 0.3 is 0 Å². The van der Waals surface area contributed by atoms with Gasteiger partial charge in [0, 0.05) is 6.42 Å². The smallest absolute Gasteiger partial charge is 0.220 e. The number of hydrogen-bond donors (Lipinski definition) is 3. The van der Waals surface area contributed by atoms with Crippen molar-refractivity contribution in [2.24, 2.45) is 0 Å². The van der Waals surface area contributed by atoms with Crippen LogP contribution in [0.1, 0.15) is 425 Å². The van der Waals surface area contributed by atoms with E-state index in [0.29, 0.717) is 12.8 Å². The predicted octanol–water partition coefficient (Wildman–Crippen LogP) is 24.4. The standard InChI is InChI=1S/C72H143NO3/c1-3-5-7-9-11-13-15-17-19-21-23-25-27-29-31-33-34-35-36-37-38-40-42-44-46-48-50-52-54-56-58-60-62-64-66-68-72(76)73-70(69-74)71(75)67-65-63-61-59-57-55-53-51-49-47-45-43-41-39-32-30-28-26-24-22-20-18-16-14-12-10-8-6-4-2/h21,23,70-71,74-75H,3-20,22,24-69H2,1-2H3,(H,73,76)/b23-21-. The highest BCUT2D eigenvalue weighted by Crippen LogP contribution is 2.20. The molecule has 0 spiro atoms. The maximum absolute atomic E-state index is 12.6. The van der Waals surface area contributed by atoms with Gasteiger partial charge in [0.2, 0.25) is 5.91 Å². The number of hydrogen-bond acceptors (Lipinski definition) is 3. The highest BCUT2D eigenvalue weighted by molar-refractivity contribution is 5.76. The van der Waals surface area contributed by atoms with Gasteiger partial charge in [-0.25, -0.2) is 0 Å². The van der Waals surface area contributed by atoms with E-state index in [1.54, 1.807) is 0 Å². The first-order valence-electron chi connectivity index (χ1n) is 35.9. The maximum Gasteiger partial charge on any atom is 0.220 e. The van der Waals surface area contributed by atoms with Crippen LogP contribution in [0.25, 0.3) is 0 Å². The molecular formula is C72H143NO3. The number of amides is 1. The Balaban J connectivity index is 3.36. The van der Waals surface area contributed by atoms with Gasteiger partial charge in [-0.15, -0.1) is 0 Å². The molecular weight excluding hydrogens is 927 g/mol. The molecule has 0 bridgehead atoms. The Morgan fingerprint density at radius 1 is 0.303 bits per heavy atom. The van der Waals surface area contributed by atoms with Crippen LogP contribution in [-0.4, -0.2) is 34.9 Å². The quantitative estimate of drug-likeness (QED) is 0.0420. The zero-order valence-corrected chi connectivity index (χ0v) is 52.6. The van der Waals surface area contributed by atoms with E-state index in [2.05, 4.69) is 31.3 Å². The van der Waals surface area contributed by atoms with Crippen LogP contribution in [0, 0.1) is 0 Å². The van der Waals surface area contributed by atoms with Gasteiger partial charge in [-0.3, -0.25) is 4.79 Å². The average Bonchev–Trinajstić information content (AvgIpc) is 3.42. The van der Waals surface area contributed by atoms with E-state index in [1.165, 1.54) is 372 Å². The van der Waals surface area contributed by atoms with Gasteiger partial charge in [-0.05, 0) is 38.5 Å². The number of carbonyl (C=O) groups excluding carboxylic acids is 1. The van der Waals surface area contributed by atoms with Crippen molar-refractivity contribution >= 4 is 5.91 Å². The molecule has 0 fully saturated rings. The highest BCUT2D eigenvalue weighted by atomic mass is 16.3. The van der Waals surface area contributed by atoms with E-state index in [0.717, 1.165) is 25.7 Å². The minimum Gasteiger partial charge on any atom is -0.394 e. The van der Waals surface area contributed by atoms with Crippen LogP contribution in [-0.2, 0) is 4.79 Å². The lowest BCUT2D eigenvalue weighted by atomic mass is 10.0. The Bertz CT molecular complexity index is 1080. The fourth-order valence-corrected chi connectivity index (χ4v) is 11.8. The van der Waals surface area contributed by atoms with Crippen molar-refractivity contribution in [2.75, 3.05) is 6.61 Å². The Hall–Kier alpha value is -0.870. The molecule has 76 heavy (non-hydrogen) atoms. The van der Waals surface area contributed by atoms with Gasteiger partial charge in [0.1, 0.15) is 0 Å². The van der Waals surface area contributed by atoms with Crippen molar-refractivity contribution in [1.29, 1.82) is 0 Å². The summed E-state index contributed by atoms with van der Waals surface area (Å²) in [6, 6.07) is -0.534. The number of nitrogens with one attached hydrogen (secondary N) is 1. The molecule has 0 saturated carbocycles. The monoisotopic (exact) mass is 1070 g/mol. The molecule has 454 valence electrons. The first-order chi connectivity index (χ1) is 37.7.